The molecule has 0 spiro atoms. The van der Waals surface area contributed by atoms with Crippen LogP contribution in [0.3, 0.4) is 0 Å². The fraction of sp³-hybridized carbons (Fsp3) is 0.183. The van der Waals surface area contributed by atoms with Gasteiger partial charge in [-0.15, -0.1) is 6.58 Å². The zero-order chi connectivity index (χ0) is 43.6. The van der Waals surface area contributed by atoms with Crippen molar-refractivity contribution in [3.8, 4) is 16.8 Å². The summed E-state index contributed by atoms with van der Waals surface area (Å²) < 4.78 is 7.78. The third kappa shape index (κ3) is 5.85. The predicted octanol–water partition coefficient (Wildman–Crippen LogP) is 16.0. The second-order valence-electron chi connectivity index (χ2n) is 18.0. The average molecular weight is 831 g/mol. The second kappa shape index (κ2) is 15.6. The Kier molecular flexibility index (Phi) is 9.65. The lowest BCUT2D eigenvalue weighted by atomic mass is 9.77. The highest BCUT2D eigenvalue weighted by Gasteiger charge is 2.39. The summed E-state index contributed by atoms with van der Waals surface area (Å²) in [5, 5.41) is 7.71. The number of pyridine rings is 1. The van der Waals surface area contributed by atoms with Gasteiger partial charge in [0, 0.05) is 72.5 Å². The molecule has 3 unspecified atom stereocenters. The predicted molar refractivity (Wildman–Crippen MR) is 272 cm³/mol. The minimum atomic E-state index is -0.378. The number of rotatable bonds is 12. The van der Waals surface area contributed by atoms with Crippen LogP contribution in [0.4, 0.5) is 0 Å². The smallest absolute Gasteiger partial charge is 0.0703 e. The Morgan fingerprint density at radius 2 is 1.05 bits per heavy atom. The molecule has 64 heavy (non-hydrogen) atoms. The van der Waals surface area contributed by atoms with Gasteiger partial charge in [0.15, 0.2) is 0 Å². The molecule has 7 aromatic carbocycles. The van der Waals surface area contributed by atoms with Gasteiger partial charge in [0.2, 0.25) is 0 Å². The third-order valence-electron chi connectivity index (χ3n) is 14.8. The van der Waals surface area contributed by atoms with E-state index in [1.165, 1.54) is 82.1 Å². The van der Waals surface area contributed by atoms with Crippen LogP contribution >= 0.6 is 0 Å². The van der Waals surface area contributed by atoms with Crippen molar-refractivity contribution in [2.75, 3.05) is 0 Å². The van der Waals surface area contributed by atoms with Crippen molar-refractivity contribution >= 4 is 65.4 Å². The van der Waals surface area contributed by atoms with Crippen molar-refractivity contribution in [1.82, 2.24) is 18.7 Å². The van der Waals surface area contributed by atoms with Crippen LogP contribution in [0.2, 0.25) is 0 Å². The van der Waals surface area contributed by atoms with Crippen LogP contribution in [0.15, 0.2) is 195 Å². The molecule has 4 aromatic heterocycles. The lowest BCUT2D eigenvalue weighted by Gasteiger charge is -2.40. The third-order valence-corrected chi connectivity index (χ3v) is 14.8. The van der Waals surface area contributed by atoms with Gasteiger partial charge in [0.05, 0.1) is 22.1 Å². The van der Waals surface area contributed by atoms with Crippen molar-refractivity contribution < 1.29 is 0 Å². The number of hydrogen-bond acceptors (Lipinski definition) is 1. The number of para-hydroxylation sites is 4. The average Bonchev–Trinajstić information content (AvgIpc) is 3.99. The van der Waals surface area contributed by atoms with Gasteiger partial charge in [-0.05, 0) is 127 Å². The molecular formula is C60H54N4. The molecule has 0 saturated carbocycles. The van der Waals surface area contributed by atoms with Crippen LogP contribution in [0.1, 0.15) is 64.5 Å². The Morgan fingerprint density at radius 1 is 0.531 bits per heavy atom. The number of allylic oxidation sites excluding steroid dienone is 1. The van der Waals surface area contributed by atoms with Gasteiger partial charge >= 0.3 is 0 Å². The zero-order valence-corrected chi connectivity index (χ0v) is 37.3. The first-order valence-electron chi connectivity index (χ1n) is 23.1. The highest BCUT2D eigenvalue weighted by atomic mass is 15.1. The first-order chi connectivity index (χ1) is 31.4. The maximum atomic E-state index is 4.27. The molecule has 0 aliphatic heterocycles. The molecule has 4 heterocycles. The largest absolute Gasteiger partial charge is 0.330 e. The van der Waals surface area contributed by atoms with Gasteiger partial charge in [0.25, 0.3) is 0 Å². The van der Waals surface area contributed by atoms with Crippen LogP contribution in [0.25, 0.3) is 82.2 Å². The van der Waals surface area contributed by atoms with Gasteiger partial charge in [-0.25, -0.2) is 0 Å². The molecule has 0 saturated heterocycles. The maximum absolute atomic E-state index is 4.27. The van der Waals surface area contributed by atoms with E-state index >= 15 is 0 Å². The number of aromatic nitrogens is 4. The van der Waals surface area contributed by atoms with Crippen LogP contribution in [0.5, 0.6) is 0 Å². The Balaban J connectivity index is 1.13. The molecule has 3 atom stereocenters. The molecular weight excluding hydrogens is 777 g/mol. The van der Waals surface area contributed by atoms with Crippen LogP contribution in [-0.2, 0) is 11.1 Å². The van der Waals surface area contributed by atoms with E-state index in [2.05, 4.69) is 229 Å². The van der Waals surface area contributed by atoms with Gasteiger partial charge < -0.3 is 13.7 Å². The summed E-state index contributed by atoms with van der Waals surface area (Å²) >= 11 is 0. The zero-order valence-electron chi connectivity index (χ0n) is 37.3. The van der Waals surface area contributed by atoms with Crippen molar-refractivity contribution in [3.63, 3.8) is 0 Å². The van der Waals surface area contributed by atoms with Crippen LogP contribution in [-0.4, -0.2) is 18.7 Å². The molecule has 0 radical (unpaired) electrons. The van der Waals surface area contributed by atoms with Crippen molar-refractivity contribution in [1.29, 1.82) is 0 Å². The monoisotopic (exact) mass is 830 g/mol. The molecule has 0 N–H and O–H groups in total. The van der Waals surface area contributed by atoms with Gasteiger partial charge in [0.1, 0.15) is 0 Å². The summed E-state index contributed by atoms with van der Waals surface area (Å²) in [7, 11) is 0. The summed E-state index contributed by atoms with van der Waals surface area (Å²) in [5.74, 6) is 0.261. The van der Waals surface area contributed by atoms with E-state index in [9.17, 15) is 0 Å². The lowest BCUT2D eigenvalue weighted by molar-refractivity contribution is 0.279. The Labute approximate surface area is 375 Å². The van der Waals surface area contributed by atoms with E-state index in [0.717, 1.165) is 36.9 Å². The van der Waals surface area contributed by atoms with Gasteiger partial charge in [-0.1, -0.05) is 130 Å². The van der Waals surface area contributed by atoms with Crippen LogP contribution in [0, 0.1) is 5.92 Å². The van der Waals surface area contributed by atoms with E-state index in [0.29, 0.717) is 0 Å². The van der Waals surface area contributed by atoms with E-state index in [1.54, 1.807) is 0 Å². The van der Waals surface area contributed by atoms with Crippen molar-refractivity contribution in [2.24, 2.45) is 5.92 Å². The van der Waals surface area contributed by atoms with E-state index < -0.39 is 0 Å². The molecule has 4 heteroatoms. The lowest BCUT2D eigenvalue weighted by Crippen LogP contribution is -2.38. The summed E-state index contributed by atoms with van der Waals surface area (Å²) in [6, 6.07) is 63.7. The number of benzene rings is 7. The first kappa shape index (κ1) is 39.7. The van der Waals surface area contributed by atoms with E-state index in [1.807, 2.05) is 12.4 Å². The molecule has 314 valence electrons. The van der Waals surface area contributed by atoms with Gasteiger partial charge in [-0.2, -0.15) is 0 Å². The quantitative estimate of drug-likeness (QED) is 0.113. The van der Waals surface area contributed by atoms with E-state index in [-0.39, 0.29) is 17.0 Å². The topological polar surface area (TPSA) is 27.7 Å². The Hall–Kier alpha value is -7.17. The maximum Gasteiger partial charge on any atom is 0.0703 e. The number of hydrogen-bond donors (Lipinski definition) is 0. The molecule has 0 amide bonds. The molecule has 0 aliphatic rings. The van der Waals surface area contributed by atoms with Crippen molar-refractivity contribution in [2.45, 2.75) is 64.5 Å². The molecule has 0 bridgehead atoms. The number of fused-ring (bicyclic) bond motifs is 9. The SMILES string of the molecule is C=CCC(C)C(C)(c1ccc2c(c1)c1ccccc1n2C(CC)(CCC)c1ccc2c(c1)c1ccccc1n2-c1cccc(-c2ccncc2)c1)n1c2ccccc2c2ccccc21. The molecule has 0 aliphatic carbocycles. The standard InChI is InChI=1S/C60H54N4/c1-6-18-41(4)59(5,63-55-26-14-10-21-47(55)48-22-11-15-27-56(48)63)44-29-32-58-52(39-44)50-24-12-16-28-57(50)64(58)60(8-3,35-7-2)45-30-31-54-51(40-45)49-23-9-13-25-53(49)62(54)46-20-17-19-43(38-46)42-33-36-61-37-34-42/h6,9-17,19-34,36-41H,1,7-8,18,35H2,2-5H3. The second-order valence-corrected chi connectivity index (χ2v) is 18.0. The van der Waals surface area contributed by atoms with E-state index in [4.69, 9.17) is 0 Å². The highest BCUT2D eigenvalue weighted by Crippen LogP contribution is 2.48. The number of nitrogens with zero attached hydrogens (tertiary/aromatic N) is 4. The van der Waals surface area contributed by atoms with Crippen molar-refractivity contribution in [3.05, 3.63) is 206 Å². The molecule has 4 nitrogen and oxygen atoms in total. The summed E-state index contributed by atoms with van der Waals surface area (Å²) in [6.07, 6.45) is 9.72. The molecule has 0 fully saturated rings. The first-order valence-corrected chi connectivity index (χ1v) is 23.1. The summed E-state index contributed by atoms with van der Waals surface area (Å²) in [6.45, 7) is 13.8. The fourth-order valence-corrected chi connectivity index (χ4v) is 11.5. The molecule has 11 rings (SSSR count). The normalized spacial score (nSPS) is 14.4. The van der Waals surface area contributed by atoms with Gasteiger partial charge in [-0.3, -0.25) is 4.98 Å². The highest BCUT2D eigenvalue weighted by molar-refractivity contribution is 6.11. The summed E-state index contributed by atoms with van der Waals surface area (Å²) in [5.41, 5.74) is 13.0. The summed E-state index contributed by atoms with van der Waals surface area (Å²) in [4.78, 5) is 4.27. The Morgan fingerprint density at radius 3 is 1.69 bits per heavy atom. The fourth-order valence-electron chi connectivity index (χ4n) is 11.5. The minimum absolute atomic E-state index is 0.261. The van der Waals surface area contributed by atoms with Crippen LogP contribution < -0.4 is 0 Å². The minimum Gasteiger partial charge on any atom is -0.330 e. The Bertz CT molecular complexity index is 3490. The molecule has 11 aromatic rings.